The number of carbonyl (C=O) groups is 1. The van der Waals surface area contributed by atoms with Crippen LogP contribution in [0.15, 0.2) is 70.3 Å². The molecule has 1 amide bonds. The third kappa shape index (κ3) is 5.61. The van der Waals surface area contributed by atoms with Crippen molar-refractivity contribution in [3.63, 3.8) is 0 Å². The zero-order chi connectivity index (χ0) is 21.7. The van der Waals surface area contributed by atoms with Gasteiger partial charge >= 0.3 is 0 Å². The monoisotopic (exact) mass is 443 g/mol. The highest BCUT2D eigenvalue weighted by Gasteiger charge is 2.15. The molecule has 0 saturated heterocycles. The predicted molar refractivity (Wildman–Crippen MR) is 123 cm³/mol. The highest BCUT2D eigenvalue weighted by Crippen LogP contribution is 2.21. The van der Waals surface area contributed by atoms with E-state index in [2.05, 4.69) is 4.72 Å². The van der Waals surface area contributed by atoms with E-state index in [1.54, 1.807) is 53.7 Å². The first-order valence-corrected chi connectivity index (χ1v) is 11.8. The topological polar surface area (TPSA) is 69.7 Å². The molecule has 6 nitrogen and oxygen atoms in total. The van der Waals surface area contributed by atoms with Crippen LogP contribution in [0.1, 0.15) is 11.1 Å². The van der Waals surface area contributed by atoms with Crippen LogP contribution in [-0.2, 0) is 27.8 Å². The van der Waals surface area contributed by atoms with Crippen LogP contribution >= 0.6 is 11.3 Å². The lowest BCUT2D eigenvalue weighted by molar-refractivity contribution is -0.129. The Kier molecular flexibility index (Phi) is 6.79. The molecule has 0 atom stereocenters. The van der Waals surface area contributed by atoms with Gasteiger partial charge in [-0.3, -0.25) is 9.52 Å². The SMILES string of the molecule is CN(Cc1ccc(N(C)C)cc1)C(=O)Cc1ccc(NS(=O)(=O)c2cccs2)cc1. The minimum absolute atomic E-state index is 0.00129. The number of nitrogens with zero attached hydrogens (tertiary/aromatic N) is 2. The summed E-state index contributed by atoms with van der Waals surface area (Å²) in [5, 5.41) is 1.72. The summed E-state index contributed by atoms with van der Waals surface area (Å²) in [4.78, 5) is 16.3. The fraction of sp³-hybridized carbons (Fsp3) is 0.227. The second-order valence-electron chi connectivity index (χ2n) is 7.22. The molecule has 1 N–H and O–H groups in total. The number of carbonyl (C=O) groups excluding carboxylic acids is 1. The van der Waals surface area contributed by atoms with E-state index in [1.807, 2.05) is 43.3 Å². The van der Waals surface area contributed by atoms with Crippen LogP contribution in [0, 0.1) is 0 Å². The Labute approximate surface area is 181 Å². The van der Waals surface area contributed by atoms with E-state index in [0.717, 1.165) is 28.2 Å². The van der Waals surface area contributed by atoms with Crippen molar-refractivity contribution >= 4 is 38.6 Å². The zero-order valence-corrected chi connectivity index (χ0v) is 18.8. The molecule has 3 aromatic rings. The summed E-state index contributed by atoms with van der Waals surface area (Å²) >= 11 is 1.16. The smallest absolute Gasteiger partial charge is 0.271 e. The van der Waals surface area contributed by atoms with E-state index in [1.165, 1.54) is 0 Å². The number of thiophene rings is 1. The molecule has 0 saturated carbocycles. The van der Waals surface area contributed by atoms with E-state index < -0.39 is 10.0 Å². The lowest BCUT2D eigenvalue weighted by Crippen LogP contribution is -2.27. The van der Waals surface area contributed by atoms with Crippen molar-refractivity contribution in [1.29, 1.82) is 0 Å². The van der Waals surface area contributed by atoms with Crippen molar-refractivity contribution in [2.45, 2.75) is 17.2 Å². The summed E-state index contributed by atoms with van der Waals surface area (Å²) in [5.41, 5.74) is 3.47. The van der Waals surface area contributed by atoms with Crippen LogP contribution in [0.25, 0.3) is 0 Å². The quantitative estimate of drug-likeness (QED) is 0.575. The standard InChI is InChI=1S/C22H25N3O3S2/c1-24(2)20-12-8-18(9-13-20)16-25(3)21(26)15-17-6-10-19(11-7-17)23-30(27,28)22-5-4-14-29-22/h4-14,23H,15-16H2,1-3H3. The summed E-state index contributed by atoms with van der Waals surface area (Å²) in [5.74, 6) is -0.00129. The van der Waals surface area contributed by atoms with Crippen molar-refractivity contribution in [1.82, 2.24) is 4.90 Å². The van der Waals surface area contributed by atoms with Gasteiger partial charge in [-0.25, -0.2) is 8.42 Å². The molecule has 30 heavy (non-hydrogen) atoms. The Balaban J connectivity index is 1.57. The molecule has 0 aliphatic carbocycles. The van der Waals surface area contributed by atoms with Crippen molar-refractivity contribution in [3.05, 3.63) is 77.2 Å². The van der Waals surface area contributed by atoms with Crippen LogP contribution in [0.5, 0.6) is 0 Å². The van der Waals surface area contributed by atoms with Gasteiger partial charge in [0, 0.05) is 39.1 Å². The van der Waals surface area contributed by atoms with Gasteiger partial charge in [-0.1, -0.05) is 30.3 Å². The maximum Gasteiger partial charge on any atom is 0.271 e. The number of likely N-dealkylation sites (N-methyl/N-ethyl adjacent to an activating group) is 1. The van der Waals surface area contributed by atoms with Crippen LogP contribution in [0.3, 0.4) is 0 Å². The Hall–Kier alpha value is -2.84. The van der Waals surface area contributed by atoms with Gasteiger partial charge in [-0.05, 0) is 46.8 Å². The third-order valence-corrected chi connectivity index (χ3v) is 7.40. The molecular weight excluding hydrogens is 418 g/mol. The molecule has 0 unspecified atom stereocenters. The van der Waals surface area contributed by atoms with Crippen molar-refractivity contribution in [2.24, 2.45) is 0 Å². The fourth-order valence-corrected chi connectivity index (χ4v) is 4.94. The molecule has 0 bridgehead atoms. The summed E-state index contributed by atoms with van der Waals surface area (Å²) in [6.07, 6.45) is 0.254. The van der Waals surface area contributed by atoms with Crippen molar-refractivity contribution in [3.8, 4) is 0 Å². The van der Waals surface area contributed by atoms with Gasteiger partial charge in [-0.15, -0.1) is 11.3 Å². The number of anilines is 2. The molecule has 1 aromatic heterocycles. The fourth-order valence-electron chi connectivity index (χ4n) is 2.88. The Morgan fingerprint density at radius 1 is 0.933 bits per heavy atom. The van der Waals surface area contributed by atoms with Gasteiger partial charge in [-0.2, -0.15) is 0 Å². The van der Waals surface area contributed by atoms with E-state index in [0.29, 0.717) is 12.2 Å². The first kappa shape index (κ1) is 21.9. The first-order chi connectivity index (χ1) is 14.2. The molecule has 2 aromatic carbocycles. The summed E-state index contributed by atoms with van der Waals surface area (Å²) in [6, 6.07) is 18.2. The van der Waals surface area contributed by atoms with Gasteiger partial charge < -0.3 is 9.80 Å². The molecule has 1 heterocycles. The van der Waals surface area contributed by atoms with E-state index in [4.69, 9.17) is 0 Å². The molecule has 0 spiro atoms. The van der Waals surface area contributed by atoms with Gasteiger partial charge in [0.2, 0.25) is 5.91 Å². The molecule has 0 radical (unpaired) electrons. The Morgan fingerprint density at radius 3 is 2.13 bits per heavy atom. The largest absolute Gasteiger partial charge is 0.378 e. The molecule has 0 aliphatic rings. The third-order valence-electron chi connectivity index (χ3n) is 4.62. The van der Waals surface area contributed by atoms with Crippen molar-refractivity contribution in [2.75, 3.05) is 30.8 Å². The highest BCUT2D eigenvalue weighted by molar-refractivity contribution is 7.94. The molecule has 0 fully saturated rings. The van der Waals surface area contributed by atoms with E-state index in [9.17, 15) is 13.2 Å². The second-order valence-corrected chi connectivity index (χ2v) is 10.1. The maximum absolute atomic E-state index is 12.6. The van der Waals surface area contributed by atoms with E-state index in [-0.39, 0.29) is 16.5 Å². The second kappa shape index (κ2) is 9.32. The number of sulfonamides is 1. The van der Waals surface area contributed by atoms with Crippen molar-refractivity contribution < 1.29 is 13.2 Å². The lowest BCUT2D eigenvalue weighted by Gasteiger charge is -2.18. The minimum Gasteiger partial charge on any atom is -0.378 e. The summed E-state index contributed by atoms with van der Waals surface area (Å²) in [6.45, 7) is 0.533. The van der Waals surface area contributed by atoms with Crippen LogP contribution in [0.2, 0.25) is 0 Å². The number of benzene rings is 2. The number of amides is 1. The van der Waals surface area contributed by atoms with Crippen LogP contribution in [0.4, 0.5) is 11.4 Å². The van der Waals surface area contributed by atoms with E-state index >= 15 is 0 Å². The number of rotatable bonds is 8. The molecule has 8 heteroatoms. The highest BCUT2D eigenvalue weighted by atomic mass is 32.2. The zero-order valence-electron chi connectivity index (χ0n) is 17.2. The average Bonchev–Trinajstić information content (AvgIpc) is 3.25. The summed E-state index contributed by atoms with van der Waals surface area (Å²) in [7, 11) is 2.19. The maximum atomic E-state index is 12.6. The van der Waals surface area contributed by atoms with Gasteiger partial charge in [0.1, 0.15) is 4.21 Å². The van der Waals surface area contributed by atoms with Crippen LogP contribution in [-0.4, -0.2) is 40.4 Å². The number of nitrogens with one attached hydrogen (secondary N) is 1. The molecule has 158 valence electrons. The normalized spacial score (nSPS) is 11.2. The minimum atomic E-state index is -3.57. The van der Waals surface area contributed by atoms with Gasteiger partial charge in [0.15, 0.2) is 0 Å². The Morgan fingerprint density at radius 2 is 1.57 bits per heavy atom. The molecule has 0 aliphatic heterocycles. The number of hydrogen-bond acceptors (Lipinski definition) is 5. The van der Waals surface area contributed by atoms with Gasteiger partial charge in [0.25, 0.3) is 10.0 Å². The Bertz CT molecular complexity index is 1080. The van der Waals surface area contributed by atoms with Crippen LogP contribution < -0.4 is 9.62 Å². The first-order valence-electron chi connectivity index (χ1n) is 9.40. The molecule has 3 rings (SSSR count). The summed E-state index contributed by atoms with van der Waals surface area (Å²) < 4.78 is 27.4. The predicted octanol–water partition coefficient (Wildman–Crippen LogP) is 3.82. The number of hydrogen-bond donors (Lipinski definition) is 1. The lowest BCUT2D eigenvalue weighted by atomic mass is 10.1. The molecular formula is C22H25N3O3S2. The van der Waals surface area contributed by atoms with Gasteiger partial charge in [0.05, 0.1) is 6.42 Å². The average molecular weight is 444 g/mol.